The van der Waals surface area contributed by atoms with Crippen LogP contribution in [0.1, 0.15) is 16.8 Å². The van der Waals surface area contributed by atoms with Gasteiger partial charge in [0.15, 0.2) is 0 Å². The molecule has 0 fully saturated rings. The maximum absolute atomic E-state index is 12.6. The number of halogens is 4. The van der Waals surface area contributed by atoms with Gasteiger partial charge in [-0.3, -0.25) is 4.79 Å². The number of hydrogen-bond acceptors (Lipinski definition) is 4. The lowest BCUT2D eigenvalue weighted by Gasteiger charge is -2.06. The lowest BCUT2D eigenvalue weighted by molar-refractivity contribution is -0.137. The summed E-state index contributed by atoms with van der Waals surface area (Å²) in [6.07, 6.45) is -4.40. The fraction of sp³-hybridized carbons (Fsp3) is 0.105. The van der Waals surface area contributed by atoms with Crippen molar-refractivity contribution >= 4 is 34.5 Å². The second-order valence-corrected chi connectivity index (χ2v) is 7.02. The van der Waals surface area contributed by atoms with Crippen molar-refractivity contribution in [2.45, 2.75) is 12.6 Å². The van der Waals surface area contributed by atoms with E-state index >= 15 is 0 Å². The molecular formula is C19H11ClF3N3OS. The zero-order chi connectivity index (χ0) is 20.3. The van der Waals surface area contributed by atoms with E-state index in [1.54, 1.807) is 11.4 Å². The van der Waals surface area contributed by atoms with Crippen LogP contribution in [0.25, 0.3) is 10.6 Å². The van der Waals surface area contributed by atoms with Crippen LogP contribution in [0.15, 0.2) is 47.8 Å². The third kappa shape index (κ3) is 4.68. The lowest BCUT2D eigenvalue weighted by atomic mass is 10.1. The van der Waals surface area contributed by atoms with Gasteiger partial charge in [0, 0.05) is 16.6 Å². The molecule has 3 rings (SSSR count). The molecule has 2 aromatic carbocycles. The fourth-order valence-electron chi connectivity index (χ4n) is 2.38. The Balaban J connectivity index is 1.67. The summed E-state index contributed by atoms with van der Waals surface area (Å²) in [4.78, 5) is 16.5. The van der Waals surface area contributed by atoms with E-state index in [-0.39, 0.29) is 17.9 Å². The highest BCUT2D eigenvalue weighted by atomic mass is 35.5. The number of hydrogen-bond donors (Lipinski definition) is 1. The van der Waals surface area contributed by atoms with Crippen LogP contribution < -0.4 is 5.32 Å². The number of carbonyl (C=O) groups excluding carboxylic acids is 1. The van der Waals surface area contributed by atoms with Crippen LogP contribution in [0.5, 0.6) is 0 Å². The van der Waals surface area contributed by atoms with Gasteiger partial charge in [-0.25, -0.2) is 4.98 Å². The Morgan fingerprint density at radius 3 is 2.57 bits per heavy atom. The summed E-state index contributed by atoms with van der Waals surface area (Å²) in [6, 6.07) is 11.2. The van der Waals surface area contributed by atoms with Crippen molar-refractivity contribution in [2.75, 3.05) is 5.32 Å². The van der Waals surface area contributed by atoms with E-state index in [0.29, 0.717) is 27.0 Å². The van der Waals surface area contributed by atoms with Crippen LogP contribution in [-0.4, -0.2) is 10.9 Å². The molecular weight excluding hydrogens is 411 g/mol. The van der Waals surface area contributed by atoms with Crippen LogP contribution >= 0.6 is 22.9 Å². The number of anilines is 1. The summed E-state index contributed by atoms with van der Waals surface area (Å²) in [7, 11) is 0. The third-order valence-electron chi connectivity index (χ3n) is 3.72. The van der Waals surface area contributed by atoms with Gasteiger partial charge < -0.3 is 5.32 Å². The maximum atomic E-state index is 12.6. The Labute approximate surface area is 167 Å². The second kappa shape index (κ2) is 8.00. The smallest absolute Gasteiger partial charge is 0.326 e. The first-order chi connectivity index (χ1) is 13.3. The Morgan fingerprint density at radius 1 is 1.21 bits per heavy atom. The molecule has 0 bridgehead atoms. The Bertz CT molecular complexity index is 1060. The van der Waals surface area contributed by atoms with E-state index in [1.165, 1.54) is 35.6 Å². The Morgan fingerprint density at radius 2 is 1.93 bits per heavy atom. The largest absolute Gasteiger partial charge is 0.416 e. The highest BCUT2D eigenvalue weighted by molar-refractivity contribution is 7.13. The molecule has 3 aromatic rings. The summed E-state index contributed by atoms with van der Waals surface area (Å²) in [5.41, 5.74) is 0.988. The van der Waals surface area contributed by atoms with Gasteiger partial charge in [-0.2, -0.15) is 18.4 Å². The van der Waals surface area contributed by atoms with Crippen LogP contribution in [-0.2, 0) is 17.4 Å². The summed E-state index contributed by atoms with van der Waals surface area (Å²) < 4.78 is 37.9. The molecule has 0 aliphatic heterocycles. The molecule has 1 aromatic heterocycles. The van der Waals surface area contributed by atoms with E-state index < -0.39 is 11.7 Å². The van der Waals surface area contributed by atoms with Crippen molar-refractivity contribution in [3.63, 3.8) is 0 Å². The quantitative estimate of drug-likeness (QED) is 0.601. The molecule has 1 amide bonds. The van der Waals surface area contributed by atoms with Gasteiger partial charge in [-0.15, -0.1) is 11.3 Å². The standard InChI is InChI=1S/C19H11ClF3N3OS/c20-16-6-5-14(7-12(16)9-24)25-17(27)8-15-10-28-18(26-15)11-1-3-13(4-2-11)19(21,22)23/h1-7,10H,8H2,(H,25,27). The molecule has 1 N–H and O–H groups in total. The van der Waals surface area contributed by atoms with Crippen molar-refractivity contribution in [1.29, 1.82) is 5.26 Å². The normalized spacial score (nSPS) is 11.1. The SMILES string of the molecule is N#Cc1cc(NC(=O)Cc2csc(-c3ccc(C(F)(F)F)cc3)n2)ccc1Cl. The third-order valence-corrected chi connectivity index (χ3v) is 4.99. The lowest BCUT2D eigenvalue weighted by Crippen LogP contribution is -2.14. The molecule has 0 saturated heterocycles. The minimum Gasteiger partial charge on any atom is -0.326 e. The first-order valence-corrected chi connectivity index (χ1v) is 9.13. The first-order valence-electron chi connectivity index (χ1n) is 7.88. The van der Waals surface area contributed by atoms with Crippen LogP contribution in [0.3, 0.4) is 0 Å². The van der Waals surface area contributed by atoms with Gasteiger partial charge >= 0.3 is 6.18 Å². The van der Waals surface area contributed by atoms with Gasteiger partial charge in [0.25, 0.3) is 0 Å². The molecule has 0 radical (unpaired) electrons. The predicted molar refractivity (Wildman–Crippen MR) is 101 cm³/mol. The molecule has 0 aliphatic carbocycles. The zero-order valence-electron chi connectivity index (χ0n) is 14.0. The highest BCUT2D eigenvalue weighted by Gasteiger charge is 2.30. The van der Waals surface area contributed by atoms with E-state index in [0.717, 1.165) is 12.1 Å². The number of benzene rings is 2. The number of aromatic nitrogens is 1. The summed E-state index contributed by atoms with van der Waals surface area (Å²) in [6.45, 7) is 0. The van der Waals surface area contributed by atoms with Gasteiger partial charge in [0.2, 0.25) is 5.91 Å². The topological polar surface area (TPSA) is 65.8 Å². The molecule has 1 heterocycles. The number of nitriles is 1. The minimum atomic E-state index is -4.39. The molecule has 0 unspecified atom stereocenters. The number of carbonyl (C=O) groups is 1. The van der Waals surface area contributed by atoms with Crippen LogP contribution in [0.2, 0.25) is 5.02 Å². The zero-order valence-corrected chi connectivity index (χ0v) is 15.6. The number of alkyl halides is 3. The highest BCUT2D eigenvalue weighted by Crippen LogP contribution is 2.31. The number of thiazole rings is 1. The number of rotatable bonds is 4. The van der Waals surface area contributed by atoms with Crippen LogP contribution in [0.4, 0.5) is 18.9 Å². The van der Waals surface area contributed by atoms with Gasteiger partial charge in [-0.1, -0.05) is 23.7 Å². The van der Waals surface area contributed by atoms with E-state index in [1.807, 2.05) is 6.07 Å². The minimum absolute atomic E-state index is 0.0123. The first kappa shape index (κ1) is 19.9. The average Bonchev–Trinajstić information content (AvgIpc) is 3.11. The van der Waals surface area contributed by atoms with Gasteiger partial charge in [0.1, 0.15) is 11.1 Å². The molecule has 0 aliphatic rings. The summed E-state index contributed by atoms with van der Waals surface area (Å²) >= 11 is 7.09. The summed E-state index contributed by atoms with van der Waals surface area (Å²) in [5, 5.41) is 14.1. The average molecular weight is 422 g/mol. The van der Waals surface area contributed by atoms with Gasteiger partial charge in [0.05, 0.1) is 28.3 Å². The van der Waals surface area contributed by atoms with Crippen LogP contribution in [0, 0.1) is 11.3 Å². The molecule has 0 saturated carbocycles. The van der Waals surface area contributed by atoms with Crippen molar-refractivity contribution in [1.82, 2.24) is 4.98 Å². The molecule has 0 atom stereocenters. The molecule has 0 spiro atoms. The van der Waals surface area contributed by atoms with Crippen molar-refractivity contribution < 1.29 is 18.0 Å². The van der Waals surface area contributed by atoms with Crippen molar-refractivity contribution in [2.24, 2.45) is 0 Å². The van der Waals surface area contributed by atoms with E-state index in [2.05, 4.69) is 10.3 Å². The van der Waals surface area contributed by atoms with Crippen molar-refractivity contribution in [3.05, 3.63) is 69.7 Å². The number of amides is 1. The Kier molecular flexibility index (Phi) is 5.68. The van der Waals surface area contributed by atoms with Gasteiger partial charge in [-0.05, 0) is 30.3 Å². The van der Waals surface area contributed by atoms with Crippen molar-refractivity contribution in [3.8, 4) is 16.6 Å². The molecule has 28 heavy (non-hydrogen) atoms. The van der Waals surface area contributed by atoms with E-state index in [9.17, 15) is 18.0 Å². The number of nitrogens with one attached hydrogen (secondary N) is 1. The molecule has 9 heteroatoms. The predicted octanol–water partition coefficient (Wildman–Crippen LogP) is 5.54. The number of nitrogens with zero attached hydrogens (tertiary/aromatic N) is 2. The fourth-order valence-corrected chi connectivity index (χ4v) is 3.37. The summed E-state index contributed by atoms with van der Waals surface area (Å²) in [5.74, 6) is -0.338. The maximum Gasteiger partial charge on any atom is 0.416 e. The monoisotopic (exact) mass is 421 g/mol. The second-order valence-electron chi connectivity index (χ2n) is 5.75. The van der Waals surface area contributed by atoms with E-state index in [4.69, 9.17) is 16.9 Å². The molecule has 142 valence electrons. The molecule has 4 nitrogen and oxygen atoms in total. The Hall–Kier alpha value is -2.89.